The van der Waals surface area contributed by atoms with Crippen LogP contribution in [-0.2, 0) is 16.0 Å². The summed E-state index contributed by atoms with van der Waals surface area (Å²) in [6.07, 6.45) is -0.164. The van der Waals surface area contributed by atoms with E-state index in [1.807, 2.05) is 25.1 Å². The molecule has 0 saturated carbocycles. The lowest BCUT2D eigenvalue weighted by molar-refractivity contribution is -0.119. The Morgan fingerprint density at radius 1 is 1.17 bits per heavy atom. The number of nitrogens with zero attached hydrogens (tertiary/aromatic N) is 2. The van der Waals surface area contributed by atoms with E-state index in [0.717, 1.165) is 11.1 Å². The van der Waals surface area contributed by atoms with Crippen LogP contribution in [0.25, 0.3) is 0 Å². The molecule has 30 heavy (non-hydrogen) atoms. The normalized spacial score (nSPS) is 15.6. The number of hydrogen-bond donors (Lipinski definition) is 0. The van der Waals surface area contributed by atoms with E-state index in [-0.39, 0.29) is 5.91 Å². The lowest BCUT2D eigenvalue weighted by atomic mass is 10.1. The second kappa shape index (κ2) is 8.19. The Bertz CT molecular complexity index is 984. The van der Waals surface area contributed by atoms with E-state index in [9.17, 15) is 9.59 Å². The van der Waals surface area contributed by atoms with Gasteiger partial charge in [-0.2, -0.15) is 0 Å². The predicted octanol–water partition coefficient (Wildman–Crippen LogP) is 4.99. The minimum atomic E-state index is -0.719. The molecule has 3 rings (SSSR count). The Labute approximate surface area is 182 Å². The van der Waals surface area contributed by atoms with Crippen LogP contribution in [0.5, 0.6) is 5.75 Å². The van der Waals surface area contributed by atoms with Gasteiger partial charge in [0.15, 0.2) is 0 Å². The largest absolute Gasteiger partial charge is 0.497 e. The van der Waals surface area contributed by atoms with Crippen LogP contribution in [0.1, 0.15) is 31.9 Å². The van der Waals surface area contributed by atoms with Gasteiger partial charge in [-0.25, -0.2) is 4.79 Å². The predicted molar refractivity (Wildman–Crippen MR) is 119 cm³/mol. The summed E-state index contributed by atoms with van der Waals surface area (Å²) in [4.78, 5) is 29.5. The maximum absolute atomic E-state index is 13.5. The van der Waals surface area contributed by atoms with Gasteiger partial charge in [0.1, 0.15) is 17.4 Å². The zero-order valence-corrected chi connectivity index (χ0v) is 18.9. The molecule has 0 bridgehead atoms. The van der Waals surface area contributed by atoms with Crippen LogP contribution in [0.2, 0.25) is 5.02 Å². The quantitative estimate of drug-likeness (QED) is 0.688. The van der Waals surface area contributed by atoms with Gasteiger partial charge in [-0.1, -0.05) is 17.7 Å². The van der Waals surface area contributed by atoms with Crippen LogP contribution in [0.3, 0.4) is 0 Å². The van der Waals surface area contributed by atoms with Crippen LogP contribution >= 0.6 is 11.6 Å². The summed E-state index contributed by atoms with van der Waals surface area (Å²) in [5, 5.41) is 0.635. The zero-order chi connectivity index (χ0) is 22.2. The van der Waals surface area contributed by atoms with Gasteiger partial charge in [-0.05, 0) is 63.1 Å². The average molecular weight is 431 g/mol. The molecular formula is C23H27ClN2O4. The Hall–Kier alpha value is -2.73. The molecule has 2 amide bonds. The zero-order valence-electron chi connectivity index (χ0n) is 18.2. The molecule has 1 atom stereocenters. The van der Waals surface area contributed by atoms with Crippen molar-refractivity contribution in [1.29, 1.82) is 0 Å². The Morgan fingerprint density at radius 3 is 2.47 bits per heavy atom. The van der Waals surface area contributed by atoms with Crippen LogP contribution in [-0.4, -0.2) is 37.8 Å². The first-order valence-corrected chi connectivity index (χ1v) is 10.1. The van der Waals surface area contributed by atoms with Crippen LogP contribution < -0.4 is 14.5 Å². The molecule has 2 aromatic rings. The number of ether oxygens (including phenoxy) is 2. The molecule has 0 fully saturated rings. The number of aryl methyl sites for hydroxylation is 1. The molecule has 0 aromatic heterocycles. The van der Waals surface area contributed by atoms with Crippen LogP contribution in [0.4, 0.5) is 16.2 Å². The van der Waals surface area contributed by atoms with Gasteiger partial charge >= 0.3 is 6.09 Å². The summed E-state index contributed by atoms with van der Waals surface area (Å²) in [5.74, 6) is 0.398. The molecule has 0 saturated heterocycles. The fourth-order valence-electron chi connectivity index (χ4n) is 3.46. The molecule has 7 heteroatoms. The molecule has 0 aliphatic carbocycles. The highest BCUT2D eigenvalue weighted by atomic mass is 35.5. The number of benzene rings is 2. The minimum absolute atomic E-state index is 0.210. The first kappa shape index (κ1) is 22.0. The van der Waals surface area contributed by atoms with Gasteiger partial charge in [-0.15, -0.1) is 0 Å². The highest BCUT2D eigenvalue weighted by molar-refractivity contribution is 6.31. The van der Waals surface area contributed by atoms with E-state index in [1.54, 1.807) is 58.0 Å². The average Bonchev–Trinajstić information content (AvgIpc) is 3.06. The molecule has 6 nitrogen and oxygen atoms in total. The maximum atomic E-state index is 13.5. The number of halogens is 1. The summed E-state index contributed by atoms with van der Waals surface area (Å²) in [6.45, 7) is 7.28. The third-order valence-corrected chi connectivity index (χ3v) is 5.44. The van der Waals surface area contributed by atoms with Crippen LogP contribution in [0.15, 0.2) is 36.4 Å². The van der Waals surface area contributed by atoms with Gasteiger partial charge < -0.3 is 14.4 Å². The van der Waals surface area contributed by atoms with Crippen molar-refractivity contribution in [2.45, 2.75) is 45.8 Å². The summed E-state index contributed by atoms with van der Waals surface area (Å²) >= 11 is 6.12. The molecule has 1 unspecified atom stereocenters. The molecule has 2 aromatic carbocycles. The van der Waals surface area contributed by atoms with Crippen molar-refractivity contribution < 1.29 is 19.1 Å². The van der Waals surface area contributed by atoms with Gasteiger partial charge in [0.05, 0.1) is 12.8 Å². The molecule has 0 N–H and O–H groups in total. The summed E-state index contributed by atoms with van der Waals surface area (Å²) < 4.78 is 10.9. The van der Waals surface area contributed by atoms with E-state index in [4.69, 9.17) is 21.1 Å². The standard InChI is InChI=1S/C23H27ClN2O4/c1-14-11-16(8-10-18(14)24)25(5)21(27)20-12-15-7-9-17(29-6)13-19(15)26(20)22(28)30-23(2,3)4/h7-11,13,20H,12H2,1-6H3. The number of rotatable bonds is 3. The number of amides is 2. The maximum Gasteiger partial charge on any atom is 0.415 e. The second-order valence-electron chi connectivity index (χ2n) is 8.40. The first-order valence-electron chi connectivity index (χ1n) is 9.74. The van der Waals surface area contributed by atoms with E-state index >= 15 is 0 Å². The molecule has 1 heterocycles. The Morgan fingerprint density at radius 2 is 1.87 bits per heavy atom. The third kappa shape index (κ3) is 4.38. The monoisotopic (exact) mass is 430 g/mol. The minimum Gasteiger partial charge on any atom is -0.497 e. The second-order valence-corrected chi connectivity index (χ2v) is 8.80. The molecular weight excluding hydrogens is 404 g/mol. The smallest absolute Gasteiger partial charge is 0.415 e. The Balaban J connectivity index is 1.97. The van der Waals surface area contributed by atoms with E-state index in [2.05, 4.69) is 0 Å². The van der Waals surface area contributed by atoms with Crippen LogP contribution in [0, 0.1) is 6.92 Å². The third-order valence-electron chi connectivity index (χ3n) is 5.01. The molecule has 1 aliphatic rings. The van der Waals surface area contributed by atoms with Gasteiger partial charge in [0.25, 0.3) is 0 Å². The molecule has 0 spiro atoms. The fourth-order valence-corrected chi connectivity index (χ4v) is 3.58. The molecule has 1 aliphatic heterocycles. The number of methoxy groups -OCH3 is 1. The van der Waals surface area contributed by atoms with Crippen molar-refractivity contribution in [3.63, 3.8) is 0 Å². The number of hydrogen-bond acceptors (Lipinski definition) is 4. The SMILES string of the molecule is COc1ccc2c(c1)N(C(=O)OC(C)(C)C)C(C(=O)N(C)c1ccc(Cl)c(C)c1)C2. The highest BCUT2D eigenvalue weighted by Crippen LogP contribution is 2.37. The van der Waals surface area contributed by atoms with Gasteiger partial charge in [0, 0.05) is 30.2 Å². The van der Waals surface area contributed by atoms with Crippen molar-refractivity contribution in [3.8, 4) is 5.75 Å². The van der Waals surface area contributed by atoms with Crippen molar-refractivity contribution in [2.75, 3.05) is 24.0 Å². The van der Waals surface area contributed by atoms with E-state index in [0.29, 0.717) is 28.6 Å². The van der Waals surface area contributed by atoms with E-state index in [1.165, 1.54) is 4.90 Å². The number of fused-ring (bicyclic) bond motifs is 1. The fraction of sp³-hybridized carbons (Fsp3) is 0.391. The summed E-state index contributed by atoms with van der Waals surface area (Å²) in [7, 11) is 3.26. The topological polar surface area (TPSA) is 59.1 Å². The number of carbonyl (C=O) groups excluding carboxylic acids is 2. The van der Waals surface area contributed by atoms with Crippen molar-refractivity contribution in [1.82, 2.24) is 0 Å². The Kier molecular flexibility index (Phi) is 5.99. The summed E-state index contributed by atoms with van der Waals surface area (Å²) in [6, 6.07) is 10.1. The van der Waals surface area contributed by atoms with Gasteiger partial charge in [-0.3, -0.25) is 9.69 Å². The molecule has 160 valence electrons. The van der Waals surface area contributed by atoms with Gasteiger partial charge in [0.2, 0.25) is 5.91 Å². The molecule has 0 radical (unpaired) electrons. The number of carbonyl (C=O) groups is 2. The van der Waals surface area contributed by atoms with Crippen molar-refractivity contribution in [2.24, 2.45) is 0 Å². The number of anilines is 2. The number of likely N-dealkylation sites (N-methyl/N-ethyl adjacent to an activating group) is 1. The van der Waals surface area contributed by atoms with E-state index < -0.39 is 17.7 Å². The lowest BCUT2D eigenvalue weighted by Gasteiger charge is -2.31. The summed E-state index contributed by atoms with van der Waals surface area (Å²) in [5.41, 5.74) is 2.41. The highest BCUT2D eigenvalue weighted by Gasteiger charge is 2.42. The van der Waals surface area contributed by atoms with Crippen molar-refractivity contribution in [3.05, 3.63) is 52.5 Å². The first-order chi connectivity index (χ1) is 14.0. The van der Waals surface area contributed by atoms with Crippen molar-refractivity contribution >= 4 is 35.0 Å². The lowest BCUT2D eigenvalue weighted by Crippen LogP contribution is -2.50.